The van der Waals surface area contributed by atoms with E-state index >= 15 is 0 Å². The first kappa shape index (κ1) is 20.5. The van der Waals surface area contributed by atoms with Crippen LogP contribution in [0.3, 0.4) is 0 Å². The highest BCUT2D eigenvalue weighted by Gasteiger charge is 2.27. The highest BCUT2D eigenvalue weighted by atomic mass is 32.1. The van der Waals surface area contributed by atoms with E-state index in [1.54, 1.807) is 18.3 Å². The summed E-state index contributed by atoms with van der Waals surface area (Å²) in [5.41, 5.74) is 2.52. The molecule has 1 unspecified atom stereocenters. The highest BCUT2D eigenvalue weighted by molar-refractivity contribution is 7.22. The number of hydrogen-bond acceptors (Lipinski definition) is 7. The van der Waals surface area contributed by atoms with Crippen molar-refractivity contribution < 1.29 is 4.79 Å². The molecule has 3 aromatic heterocycles. The number of rotatable bonds is 6. The number of para-hydroxylation sites is 1. The molecule has 162 valence electrons. The van der Waals surface area contributed by atoms with Crippen molar-refractivity contribution in [3.8, 4) is 0 Å². The van der Waals surface area contributed by atoms with Gasteiger partial charge in [0, 0.05) is 18.6 Å². The molecule has 5 rings (SSSR count). The van der Waals surface area contributed by atoms with Crippen LogP contribution in [0.1, 0.15) is 34.8 Å². The molecule has 0 saturated carbocycles. The maximum Gasteiger partial charge on any atom is 0.261 e. The molecule has 0 bridgehead atoms. The molecular formula is C24H24N6OS. The van der Waals surface area contributed by atoms with Crippen LogP contribution < -0.4 is 16.0 Å². The van der Waals surface area contributed by atoms with E-state index in [1.807, 2.05) is 48.8 Å². The van der Waals surface area contributed by atoms with Crippen molar-refractivity contribution in [1.29, 1.82) is 0 Å². The Morgan fingerprint density at radius 3 is 2.66 bits per heavy atom. The van der Waals surface area contributed by atoms with Crippen molar-refractivity contribution in [3.05, 3.63) is 78.2 Å². The number of thiazole rings is 1. The minimum Gasteiger partial charge on any atom is -0.362 e. The Labute approximate surface area is 190 Å². The highest BCUT2D eigenvalue weighted by Crippen LogP contribution is 2.33. The van der Waals surface area contributed by atoms with Gasteiger partial charge in [-0.1, -0.05) is 23.5 Å². The Morgan fingerprint density at radius 2 is 1.84 bits per heavy atom. The van der Waals surface area contributed by atoms with E-state index in [0.717, 1.165) is 41.7 Å². The number of nitrogens with one attached hydrogen (secondary N) is 3. The fourth-order valence-corrected chi connectivity index (χ4v) is 5.02. The zero-order valence-corrected chi connectivity index (χ0v) is 18.3. The molecular weight excluding hydrogens is 420 g/mol. The standard InChI is InChI=1S/C24H24N6OS/c31-23(30-24-28-19-5-1-2-6-20(19)32-24)18-4-3-11-27-22(18)29-21(16-7-12-25-13-8-16)17-9-14-26-15-10-17/h1-8,11-13,17,21,26H,9-10,14-15H2,(H,27,29)(H,28,30,31). The molecule has 0 spiro atoms. The third-order valence-electron chi connectivity index (χ3n) is 5.78. The Balaban J connectivity index is 1.41. The van der Waals surface area contributed by atoms with Crippen molar-refractivity contribution >= 4 is 38.4 Å². The lowest BCUT2D eigenvalue weighted by molar-refractivity contribution is 0.102. The van der Waals surface area contributed by atoms with E-state index in [2.05, 4.69) is 30.9 Å². The third kappa shape index (κ3) is 4.46. The Kier molecular flexibility index (Phi) is 6.04. The Morgan fingerprint density at radius 1 is 1.03 bits per heavy atom. The summed E-state index contributed by atoms with van der Waals surface area (Å²) in [7, 11) is 0. The minimum atomic E-state index is -0.224. The number of anilines is 2. The zero-order chi connectivity index (χ0) is 21.8. The van der Waals surface area contributed by atoms with Crippen molar-refractivity contribution in [2.75, 3.05) is 23.7 Å². The predicted molar refractivity (Wildman–Crippen MR) is 128 cm³/mol. The number of carbonyl (C=O) groups is 1. The minimum absolute atomic E-state index is 0.0454. The van der Waals surface area contributed by atoms with E-state index in [-0.39, 0.29) is 11.9 Å². The number of pyridine rings is 2. The molecule has 1 aliphatic rings. The molecule has 1 aromatic carbocycles. The molecule has 8 heteroatoms. The smallest absolute Gasteiger partial charge is 0.261 e. The van der Waals surface area contributed by atoms with Crippen LogP contribution >= 0.6 is 11.3 Å². The molecule has 0 aliphatic carbocycles. The summed E-state index contributed by atoms with van der Waals surface area (Å²) in [6.07, 6.45) is 7.44. The molecule has 1 atom stereocenters. The number of nitrogens with zero attached hydrogens (tertiary/aromatic N) is 3. The van der Waals surface area contributed by atoms with Crippen LogP contribution in [0.5, 0.6) is 0 Å². The maximum absolute atomic E-state index is 13.2. The Bertz CT molecular complexity index is 1170. The van der Waals surface area contributed by atoms with Crippen LogP contribution in [-0.2, 0) is 0 Å². The van der Waals surface area contributed by atoms with Gasteiger partial charge in [0.2, 0.25) is 0 Å². The number of amides is 1. The van der Waals surface area contributed by atoms with Crippen molar-refractivity contribution in [2.24, 2.45) is 5.92 Å². The van der Waals surface area contributed by atoms with Crippen molar-refractivity contribution in [3.63, 3.8) is 0 Å². The van der Waals surface area contributed by atoms with Gasteiger partial charge in [-0.2, -0.15) is 0 Å². The van der Waals surface area contributed by atoms with Gasteiger partial charge in [0.15, 0.2) is 5.13 Å². The summed E-state index contributed by atoms with van der Waals surface area (Å²) >= 11 is 1.46. The first-order chi connectivity index (χ1) is 15.8. The lowest BCUT2D eigenvalue weighted by Crippen LogP contribution is -2.34. The van der Waals surface area contributed by atoms with Crippen LogP contribution in [0.15, 0.2) is 67.1 Å². The number of benzene rings is 1. The normalized spacial score (nSPS) is 15.4. The second kappa shape index (κ2) is 9.42. The van der Waals surface area contributed by atoms with Crippen LogP contribution in [-0.4, -0.2) is 33.9 Å². The van der Waals surface area contributed by atoms with Gasteiger partial charge in [0.1, 0.15) is 5.82 Å². The van der Waals surface area contributed by atoms with Crippen molar-refractivity contribution in [2.45, 2.75) is 18.9 Å². The Hall–Kier alpha value is -3.36. The number of aromatic nitrogens is 3. The topological polar surface area (TPSA) is 91.8 Å². The van der Waals surface area contributed by atoms with Gasteiger partial charge in [-0.05, 0) is 73.8 Å². The molecule has 1 aliphatic heterocycles. The van der Waals surface area contributed by atoms with Crippen LogP contribution in [0.2, 0.25) is 0 Å². The van der Waals surface area contributed by atoms with Gasteiger partial charge < -0.3 is 10.6 Å². The molecule has 7 nitrogen and oxygen atoms in total. The first-order valence-corrected chi connectivity index (χ1v) is 11.6. The molecule has 4 aromatic rings. The van der Waals surface area contributed by atoms with E-state index in [4.69, 9.17) is 0 Å². The van der Waals surface area contributed by atoms with Gasteiger partial charge in [-0.15, -0.1) is 0 Å². The summed E-state index contributed by atoms with van der Waals surface area (Å²) in [4.78, 5) is 26.4. The lowest BCUT2D eigenvalue weighted by Gasteiger charge is -2.32. The largest absolute Gasteiger partial charge is 0.362 e. The van der Waals surface area contributed by atoms with Gasteiger partial charge in [0.05, 0.1) is 21.8 Å². The van der Waals surface area contributed by atoms with Gasteiger partial charge >= 0.3 is 0 Å². The number of hydrogen-bond donors (Lipinski definition) is 3. The SMILES string of the molecule is O=C(Nc1nc2ccccc2s1)c1cccnc1NC(c1ccncc1)C1CCNCC1. The molecule has 1 amide bonds. The third-order valence-corrected chi connectivity index (χ3v) is 6.73. The fraction of sp³-hybridized carbons (Fsp3) is 0.250. The predicted octanol–water partition coefficient (Wildman–Crippen LogP) is 4.49. The summed E-state index contributed by atoms with van der Waals surface area (Å²) in [5.74, 6) is 0.783. The second-order valence-electron chi connectivity index (χ2n) is 7.83. The van der Waals surface area contributed by atoms with Gasteiger partial charge in [0.25, 0.3) is 5.91 Å². The summed E-state index contributed by atoms with van der Waals surface area (Å²) in [6, 6.07) is 15.5. The van der Waals surface area contributed by atoms with E-state index in [1.165, 1.54) is 11.3 Å². The van der Waals surface area contributed by atoms with E-state index in [9.17, 15) is 4.79 Å². The van der Waals surface area contributed by atoms with Gasteiger partial charge in [-0.25, -0.2) is 9.97 Å². The second-order valence-corrected chi connectivity index (χ2v) is 8.86. The molecule has 1 saturated heterocycles. The van der Waals surface area contributed by atoms with Crippen LogP contribution in [0.25, 0.3) is 10.2 Å². The molecule has 4 heterocycles. The quantitative estimate of drug-likeness (QED) is 0.406. The average Bonchev–Trinajstić information content (AvgIpc) is 3.26. The number of fused-ring (bicyclic) bond motifs is 1. The number of carbonyl (C=O) groups excluding carboxylic acids is 1. The lowest BCUT2D eigenvalue weighted by atomic mass is 9.86. The van der Waals surface area contributed by atoms with E-state index in [0.29, 0.717) is 22.4 Å². The van der Waals surface area contributed by atoms with E-state index < -0.39 is 0 Å². The van der Waals surface area contributed by atoms with Gasteiger partial charge in [-0.3, -0.25) is 15.1 Å². The fourth-order valence-electron chi connectivity index (χ4n) is 4.16. The molecule has 0 radical (unpaired) electrons. The number of piperidine rings is 1. The monoisotopic (exact) mass is 444 g/mol. The molecule has 3 N–H and O–H groups in total. The van der Waals surface area contributed by atoms with Crippen LogP contribution in [0, 0.1) is 5.92 Å². The molecule has 32 heavy (non-hydrogen) atoms. The first-order valence-electron chi connectivity index (χ1n) is 10.8. The summed E-state index contributed by atoms with van der Waals surface area (Å²) in [6.45, 7) is 1.97. The van der Waals surface area contributed by atoms with Crippen LogP contribution in [0.4, 0.5) is 10.9 Å². The summed E-state index contributed by atoms with van der Waals surface area (Å²) in [5, 5.41) is 10.5. The maximum atomic E-state index is 13.2. The van der Waals surface area contributed by atoms with Crippen molar-refractivity contribution in [1.82, 2.24) is 20.3 Å². The summed E-state index contributed by atoms with van der Waals surface area (Å²) < 4.78 is 1.04. The molecule has 1 fully saturated rings. The zero-order valence-electron chi connectivity index (χ0n) is 17.5. The average molecular weight is 445 g/mol.